The largest absolute Gasteiger partial charge is 0.484 e. The molecule has 3 rings (SSSR count). The molecule has 0 saturated carbocycles. The predicted octanol–water partition coefficient (Wildman–Crippen LogP) is 4.13. The molecule has 0 fully saturated rings. The quantitative estimate of drug-likeness (QED) is 0.805. The summed E-state index contributed by atoms with van der Waals surface area (Å²) < 4.78 is 7.97. The van der Waals surface area contributed by atoms with Crippen molar-refractivity contribution < 1.29 is 4.74 Å². The van der Waals surface area contributed by atoms with Gasteiger partial charge in [-0.25, -0.2) is 0 Å². The number of halogens is 2. The lowest BCUT2D eigenvalue weighted by atomic mass is 9.96. The summed E-state index contributed by atoms with van der Waals surface area (Å²) in [5.41, 5.74) is 8.18. The monoisotopic (exact) mass is 382 g/mol. The Labute approximate surface area is 128 Å². The molecule has 2 aromatic rings. The lowest BCUT2D eigenvalue weighted by molar-refractivity contribution is 0.157. The van der Waals surface area contributed by atoms with Gasteiger partial charge in [-0.1, -0.05) is 22.0 Å². The van der Waals surface area contributed by atoms with Gasteiger partial charge in [-0.05, 0) is 40.2 Å². The van der Waals surface area contributed by atoms with E-state index < -0.39 is 0 Å². The number of hydrogen-bond donors (Lipinski definition) is 1. The third-order valence-electron chi connectivity index (χ3n) is 3.19. The van der Waals surface area contributed by atoms with Gasteiger partial charge in [0.2, 0.25) is 0 Å². The van der Waals surface area contributed by atoms with Gasteiger partial charge in [-0.2, -0.15) is 0 Å². The van der Waals surface area contributed by atoms with Crippen LogP contribution in [0.25, 0.3) is 0 Å². The summed E-state index contributed by atoms with van der Waals surface area (Å²) in [6.45, 7) is 0. The van der Waals surface area contributed by atoms with E-state index in [0.29, 0.717) is 0 Å². The lowest BCUT2D eigenvalue weighted by Gasteiger charge is -2.30. The minimum Gasteiger partial charge on any atom is -0.484 e. The van der Waals surface area contributed by atoms with E-state index in [-0.39, 0.29) is 12.1 Å². The van der Waals surface area contributed by atoms with Crippen LogP contribution in [-0.4, -0.2) is 4.98 Å². The molecule has 98 valence electrons. The highest BCUT2D eigenvalue weighted by Crippen LogP contribution is 2.40. The maximum absolute atomic E-state index is 6.22. The fourth-order valence-corrected chi connectivity index (χ4v) is 2.81. The summed E-state index contributed by atoms with van der Waals surface area (Å²) in [6.07, 6.45) is 2.43. The van der Waals surface area contributed by atoms with Crippen LogP contribution in [0.1, 0.15) is 29.8 Å². The number of pyridine rings is 1. The number of ether oxygens (including phenoxy) is 1. The molecule has 0 spiro atoms. The summed E-state index contributed by atoms with van der Waals surface area (Å²) >= 11 is 6.84. The zero-order chi connectivity index (χ0) is 13.4. The average Bonchev–Trinajstić information content (AvgIpc) is 2.38. The predicted molar refractivity (Wildman–Crippen MR) is 81.0 cm³/mol. The van der Waals surface area contributed by atoms with E-state index in [9.17, 15) is 0 Å². The molecule has 1 aliphatic rings. The number of fused-ring (bicyclic) bond motifs is 1. The first-order valence-corrected chi connectivity index (χ1v) is 7.55. The van der Waals surface area contributed by atoms with Crippen LogP contribution in [0.15, 0.2) is 45.5 Å². The van der Waals surface area contributed by atoms with Gasteiger partial charge in [0.25, 0.3) is 0 Å². The summed E-state index contributed by atoms with van der Waals surface area (Å²) in [6, 6.07) is 9.86. The molecular weight excluding hydrogens is 372 g/mol. The Balaban J connectivity index is 1.93. The van der Waals surface area contributed by atoms with Gasteiger partial charge in [-0.15, -0.1) is 0 Å². The summed E-state index contributed by atoms with van der Waals surface area (Å²) in [4.78, 5) is 4.39. The Morgan fingerprint density at radius 2 is 1.95 bits per heavy atom. The van der Waals surface area contributed by atoms with Crippen molar-refractivity contribution in [2.75, 3.05) is 0 Å². The van der Waals surface area contributed by atoms with Gasteiger partial charge < -0.3 is 10.5 Å². The van der Waals surface area contributed by atoms with E-state index in [2.05, 4.69) is 36.8 Å². The van der Waals surface area contributed by atoms with Crippen LogP contribution >= 0.6 is 31.9 Å². The molecule has 0 saturated heterocycles. The molecule has 5 heteroatoms. The normalized spacial score (nSPS) is 21.6. The highest BCUT2D eigenvalue weighted by Gasteiger charge is 2.27. The molecular formula is C14H12Br2N2O. The van der Waals surface area contributed by atoms with Crippen LogP contribution in [0.3, 0.4) is 0 Å². The molecule has 2 N–H and O–H groups in total. The molecule has 0 radical (unpaired) electrons. The van der Waals surface area contributed by atoms with Crippen LogP contribution in [-0.2, 0) is 0 Å². The molecule has 19 heavy (non-hydrogen) atoms. The maximum Gasteiger partial charge on any atom is 0.142 e. The van der Waals surface area contributed by atoms with Crippen LogP contribution < -0.4 is 10.5 Å². The Bertz CT molecular complexity index is 601. The first kappa shape index (κ1) is 13.1. The van der Waals surface area contributed by atoms with Crippen molar-refractivity contribution in [1.29, 1.82) is 0 Å². The van der Waals surface area contributed by atoms with Crippen molar-refractivity contribution in [3.05, 3.63) is 56.7 Å². The number of hydrogen-bond acceptors (Lipinski definition) is 3. The summed E-state index contributed by atoms with van der Waals surface area (Å²) in [5.74, 6) is 0.836. The van der Waals surface area contributed by atoms with Crippen molar-refractivity contribution >= 4 is 31.9 Å². The van der Waals surface area contributed by atoms with Crippen molar-refractivity contribution in [3.8, 4) is 5.75 Å². The van der Waals surface area contributed by atoms with Crippen LogP contribution in [0.4, 0.5) is 0 Å². The molecule has 0 amide bonds. The summed E-state index contributed by atoms with van der Waals surface area (Å²) in [7, 11) is 0. The van der Waals surface area contributed by atoms with E-state index in [1.807, 2.05) is 30.3 Å². The highest BCUT2D eigenvalue weighted by molar-refractivity contribution is 9.10. The Morgan fingerprint density at radius 1 is 1.16 bits per heavy atom. The molecule has 0 aliphatic carbocycles. The molecule has 1 aliphatic heterocycles. The number of benzene rings is 1. The molecule has 1 unspecified atom stereocenters. The number of nitrogens with two attached hydrogens (primary N) is 1. The van der Waals surface area contributed by atoms with Crippen molar-refractivity contribution in [1.82, 2.24) is 4.98 Å². The fourth-order valence-electron chi connectivity index (χ4n) is 2.23. The van der Waals surface area contributed by atoms with Crippen LogP contribution in [0, 0.1) is 0 Å². The standard InChI is InChI=1S/C14H12Br2N2O/c15-8-1-3-10-11(17)6-14(19-13(10)5-8)12-4-2-9(16)7-18-12/h1-5,7,11,14H,6,17H2/t11-,14?/m1/s1. The minimum absolute atomic E-state index is 0.0210. The Hall–Kier alpha value is -0.910. The fraction of sp³-hybridized carbons (Fsp3) is 0.214. The van der Waals surface area contributed by atoms with Crippen molar-refractivity contribution in [2.24, 2.45) is 5.73 Å². The van der Waals surface area contributed by atoms with Gasteiger partial charge in [0.15, 0.2) is 0 Å². The Kier molecular flexibility index (Phi) is 3.60. The van der Waals surface area contributed by atoms with Gasteiger partial charge in [0.1, 0.15) is 11.9 Å². The van der Waals surface area contributed by atoms with E-state index in [1.165, 1.54) is 0 Å². The number of rotatable bonds is 1. The second-order valence-electron chi connectivity index (χ2n) is 4.53. The zero-order valence-corrected chi connectivity index (χ0v) is 13.2. The molecule has 2 atom stereocenters. The molecule has 0 bridgehead atoms. The highest BCUT2D eigenvalue weighted by atomic mass is 79.9. The first-order chi connectivity index (χ1) is 9.13. The smallest absolute Gasteiger partial charge is 0.142 e. The van der Waals surface area contributed by atoms with E-state index in [1.54, 1.807) is 6.20 Å². The third kappa shape index (κ3) is 2.68. The lowest BCUT2D eigenvalue weighted by Crippen LogP contribution is -2.24. The molecule has 2 heterocycles. The van der Waals surface area contributed by atoms with Gasteiger partial charge >= 0.3 is 0 Å². The van der Waals surface area contributed by atoms with Crippen molar-refractivity contribution in [3.63, 3.8) is 0 Å². The van der Waals surface area contributed by atoms with E-state index >= 15 is 0 Å². The number of nitrogens with zero attached hydrogens (tertiary/aromatic N) is 1. The van der Waals surface area contributed by atoms with Crippen LogP contribution in [0.2, 0.25) is 0 Å². The molecule has 3 nitrogen and oxygen atoms in total. The van der Waals surface area contributed by atoms with Gasteiger partial charge in [-0.3, -0.25) is 4.98 Å². The minimum atomic E-state index is -0.0927. The van der Waals surface area contributed by atoms with Crippen LogP contribution in [0.5, 0.6) is 5.75 Å². The zero-order valence-electron chi connectivity index (χ0n) is 10.0. The SMILES string of the molecule is N[C@@H]1CC(c2ccc(Br)cn2)Oc2cc(Br)ccc21. The van der Waals surface area contributed by atoms with E-state index in [4.69, 9.17) is 10.5 Å². The van der Waals surface area contributed by atoms with E-state index in [0.717, 1.165) is 32.4 Å². The number of aromatic nitrogens is 1. The maximum atomic E-state index is 6.22. The molecule has 1 aromatic heterocycles. The third-order valence-corrected chi connectivity index (χ3v) is 4.15. The second-order valence-corrected chi connectivity index (χ2v) is 6.36. The Morgan fingerprint density at radius 3 is 2.68 bits per heavy atom. The van der Waals surface area contributed by atoms with Gasteiger partial charge in [0.05, 0.1) is 5.69 Å². The topological polar surface area (TPSA) is 48.1 Å². The first-order valence-electron chi connectivity index (χ1n) is 5.96. The summed E-state index contributed by atoms with van der Waals surface area (Å²) in [5, 5.41) is 0. The van der Waals surface area contributed by atoms with Gasteiger partial charge in [0, 0.05) is 33.2 Å². The van der Waals surface area contributed by atoms with Crippen molar-refractivity contribution in [2.45, 2.75) is 18.6 Å². The average molecular weight is 384 g/mol. The second kappa shape index (κ2) is 5.23. The molecule has 1 aromatic carbocycles.